The maximum Gasteiger partial charge on any atom is 0.0864 e. The van der Waals surface area contributed by atoms with Crippen molar-refractivity contribution in [1.82, 2.24) is 0 Å². The molecule has 0 spiro atoms. The molecule has 0 atom stereocenters. The molecule has 0 aromatic carbocycles. The maximum absolute atomic E-state index is 5.73. The standard InChI is InChI=1S/C11H19O.W/c1-5-11(6-2)7-10(8-12-11)9(3)4;/h8H,5-7H2,1-4H3;/q-1;. The van der Waals surface area contributed by atoms with E-state index in [1.54, 1.807) is 0 Å². The van der Waals surface area contributed by atoms with Crippen molar-refractivity contribution in [2.24, 2.45) is 0 Å². The molecule has 76 valence electrons. The zero-order valence-electron chi connectivity index (χ0n) is 9.02. The molecule has 0 aromatic heterocycles. The van der Waals surface area contributed by atoms with Crippen molar-refractivity contribution in [2.45, 2.75) is 52.6 Å². The van der Waals surface area contributed by atoms with Crippen LogP contribution >= 0.6 is 0 Å². The first-order valence-electron chi connectivity index (χ1n) is 4.81. The first-order chi connectivity index (χ1) is 5.63. The second kappa shape index (κ2) is 5.10. The Bertz CT molecular complexity index is 181. The topological polar surface area (TPSA) is 9.23 Å². The Hall–Kier alpha value is 0.0983. The van der Waals surface area contributed by atoms with Gasteiger partial charge in [-0.3, -0.25) is 0 Å². The third kappa shape index (κ3) is 2.77. The van der Waals surface area contributed by atoms with Crippen LogP contribution in [0, 0.1) is 5.92 Å². The summed E-state index contributed by atoms with van der Waals surface area (Å²) >= 11 is 0. The fourth-order valence-electron chi connectivity index (χ4n) is 1.59. The van der Waals surface area contributed by atoms with Crippen LogP contribution in [-0.2, 0) is 25.8 Å². The molecule has 0 aromatic rings. The largest absolute Gasteiger partial charge is 0.580 e. The van der Waals surface area contributed by atoms with E-state index in [1.807, 2.05) is 6.26 Å². The Morgan fingerprint density at radius 2 is 1.92 bits per heavy atom. The number of hydrogen-bond donors (Lipinski definition) is 0. The summed E-state index contributed by atoms with van der Waals surface area (Å²) in [5.41, 5.74) is 1.51. The second-order valence-corrected chi connectivity index (χ2v) is 3.83. The minimum atomic E-state index is 0. The predicted molar refractivity (Wildman–Crippen MR) is 51.7 cm³/mol. The van der Waals surface area contributed by atoms with Crippen LogP contribution in [0.5, 0.6) is 0 Å². The van der Waals surface area contributed by atoms with Gasteiger partial charge < -0.3 is 4.74 Å². The molecule has 1 heterocycles. The van der Waals surface area contributed by atoms with E-state index in [2.05, 4.69) is 27.7 Å². The summed E-state index contributed by atoms with van der Waals surface area (Å²) in [6.07, 6.45) is 5.26. The third-order valence-electron chi connectivity index (χ3n) is 2.89. The first-order valence-corrected chi connectivity index (χ1v) is 4.81. The van der Waals surface area contributed by atoms with Gasteiger partial charge in [0.1, 0.15) is 0 Å². The molecule has 1 aliphatic heterocycles. The summed E-state index contributed by atoms with van der Waals surface area (Å²) in [6, 6.07) is 0. The van der Waals surface area contributed by atoms with Gasteiger partial charge in [-0.15, -0.1) is 13.8 Å². The smallest absolute Gasteiger partial charge is 0.0864 e. The van der Waals surface area contributed by atoms with Crippen molar-refractivity contribution in [2.75, 3.05) is 0 Å². The summed E-state index contributed by atoms with van der Waals surface area (Å²) in [5.74, 6) is 1.39. The summed E-state index contributed by atoms with van der Waals surface area (Å²) in [5, 5.41) is 0. The molecule has 0 saturated carbocycles. The quantitative estimate of drug-likeness (QED) is 0.708. The van der Waals surface area contributed by atoms with E-state index in [9.17, 15) is 0 Å². The van der Waals surface area contributed by atoms with E-state index in [1.165, 1.54) is 11.5 Å². The number of rotatable bonds is 3. The summed E-state index contributed by atoms with van der Waals surface area (Å²) in [7, 11) is 0. The molecule has 13 heavy (non-hydrogen) atoms. The Kier molecular flexibility index (Phi) is 5.14. The van der Waals surface area contributed by atoms with Gasteiger partial charge >= 0.3 is 0 Å². The van der Waals surface area contributed by atoms with Crippen LogP contribution in [0.1, 0.15) is 47.0 Å². The van der Waals surface area contributed by atoms with Gasteiger partial charge in [-0.25, -0.2) is 5.92 Å². The molecular weight excluding hydrogens is 332 g/mol. The van der Waals surface area contributed by atoms with Gasteiger partial charge in [0.05, 0.1) is 5.60 Å². The van der Waals surface area contributed by atoms with Crippen molar-refractivity contribution >= 4 is 0 Å². The molecule has 0 radical (unpaired) electrons. The SMILES string of the molecule is CCC1(CC)CC([C-](C)C)=CO1.[W]. The first kappa shape index (κ1) is 13.1. The zero-order chi connectivity index (χ0) is 9.19. The molecule has 1 aliphatic rings. The minimum Gasteiger partial charge on any atom is -0.580 e. The predicted octanol–water partition coefficient (Wildman–Crippen LogP) is 3.46. The van der Waals surface area contributed by atoms with Crippen molar-refractivity contribution in [3.63, 3.8) is 0 Å². The minimum absolute atomic E-state index is 0. The van der Waals surface area contributed by atoms with E-state index in [4.69, 9.17) is 4.74 Å². The summed E-state index contributed by atoms with van der Waals surface area (Å²) < 4.78 is 5.73. The third-order valence-corrected chi connectivity index (χ3v) is 2.89. The van der Waals surface area contributed by atoms with Crippen LogP contribution in [0.15, 0.2) is 11.8 Å². The fourth-order valence-corrected chi connectivity index (χ4v) is 1.59. The normalized spacial score (nSPS) is 18.6. The summed E-state index contributed by atoms with van der Waals surface area (Å²) in [6.45, 7) is 8.70. The molecule has 0 N–H and O–H groups in total. The van der Waals surface area contributed by atoms with Gasteiger partial charge in [-0.2, -0.15) is 5.57 Å². The molecule has 0 amide bonds. The Morgan fingerprint density at radius 1 is 1.38 bits per heavy atom. The van der Waals surface area contributed by atoms with Gasteiger partial charge in [-0.05, 0) is 19.3 Å². The van der Waals surface area contributed by atoms with Crippen LogP contribution in [0.3, 0.4) is 0 Å². The second-order valence-electron chi connectivity index (χ2n) is 3.83. The molecule has 0 aliphatic carbocycles. The molecule has 1 rings (SSSR count). The van der Waals surface area contributed by atoms with E-state index in [0.717, 1.165) is 19.3 Å². The average molecular weight is 351 g/mol. The molecule has 2 heteroatoms. The average Bonchev–Trinajstić information content (AvgIpc) is 2.49. The van der Waals surface area contributed by atoms with Gasteiger partial charge in [0, 0.05) is 21.1 Å². The van der Waals surface area contributed by atoms with E-state index in [-0.39, 0.29) is 26.7 Å². The molecule has 0 fully saturated rings. The van der Waals surface area contributed by atoms with Crippen molar-refractivity contribution < 1.29 is 25.8 Å². The van der Waals surface area contributed by atoms with Crippen molar-refractivity contribution in [3.05, 3.63) is 17.8 Å². The number of hydrogen-bond acceptors (Lipinski definition) is 1. The van der Waals surface area contributed by atoms with Gasteiger partial charge in [0.25, 0.3) is 0 Å². The monoisotopic (exact) mass is 351 g/mol. The van der Waals surface area contributed by atoms with Crippen molar-refractivity contribution in [1.29, 1.82) is 0 Å². The van der Waals surface area contributed by atoms with Crippen LogP contribution in [0.25, 0.3) is 0 Å². The van der Waals surface area contributed by atoms with Crippen molar-refractivity contribution in [3.8, 4) is 0 Å². The van der Waals surface area contributed by atoms with Gasteiger partial charge in [-0.1, -0.05) is 20.1 Å². The van der Waals surface area contributed by atoms with Crippen LogP contribution < -0.4 is 0 Å². The van der Waals surface area contributed by atoms with Crippen LogP contribution in [0.2, 0.25) is 0 Å². The van der Waals surface area contributed by atoms with E-state index in [0.29, 0.717) is 0 Å². The van der Waals surface area contributed by atoms with E-state index < -0.39 is 0 Å². The fraction of sp³-hybridized carbons (Fsp3) is 0.727. The molecule has 1 nitrogen and oxygen atoms in total. The molecule has 0 saturated heterocycles. The molecule has 0 unspecified atom stereocenters. The van der Waals surface area contributed by atoms with Crippen LogP contribution in [-0.4, -0.2) is 5.60 Å². The van der Waals surface area contributed by atoms with Crippen LogP contribution in [0.4, 0.5) is 0 Å². The number of ether oxygens (including phenoxy) is 1. The van der Waals surface area contributed by atoms with E-state index >= 15 is 0 Å². The summed E-state index contributed by atoms with van der Waals surface area (Å²) in [4.78, 5) is 0. The maximum atomic E-state index is 5.73. The molecular formula is C11H19OW-. The Balaban J connectivity index is 0.00000144. The van der Waals surface area contributed by atoms with Gasteiger partial charge in [0.15, 0.2) is 0 Å². The zero-order valence-corrected chi connectivity index (χ0v) is 11.9. The Labute approximate surface area is 96.2 Å². The Morgan fingerprint density at radius 3 is 2.15 bits per heavy atom. The van der Waals surface area contributed by atoms with Gasteiger partial charge in [0.2, 0.25) is 0 Å². The molecule has 0 bridgehead atoms.